The third kappa shape index (κ3) is 5.64. The van der Waals surface area contributed by atoms with Crippen molar-refractivity contribution in [3.05, 3.63) is 12.7 Å². The summed E-state index contributed by atoms with van der Waals surface area (Å²) in [5.41, 5.74) is 0. The van der Waals surface area contributed by atoms with Crippen LogP contribution in [0.3, 0.4) is 0 Å². The van der Waals surface area contributed by atoms with Gasteiger partial charge in [0.05, 0.1) is 0 Å². The number of hydrogen-bond donors (Lipinski definition) is 0. The Hall–Kier alpha value is -0.790. The van der Waals surface area contributed by atoms with Gasteiger partial charge in [-0.15, -0.1) is 6.58 Å². The predicted octanol–water partition coefficient (Wildman–Crippen LogP) is 1.73. The largest absolute Gasteiger partial charge is 0.331 e. The summed E-state index contributed by atoms with van der Waals surface area (Å²) in [6.45, 7) is 7.12. The van der Waals surface area contributed by atoms with Crippen molar-refractivity contribution in [3.8, 4) is 0 Å². The lowest BCUT2D eigenvalue weighted by molar-refractivity contribution is 0.397. The van der Waals surface area contributed by atoms with Crippen molar-refractivity contribution >= 4 is 6.41 Å². The van der Waals surface area contributed by atoms with Gasteiger partial charge in [-0.1, -0.05) is 25.8 Å². The maximum atomic E-state index is 10.2. The van der Waals surface area contributed by atoms with Crippen LogP contribution in [0.15, 0.2) is 12.7 Å². The van der Waals surface area contributed by atoms with E-state index in [1.165, 1.54) is 12.8 Å². The highest BCUT2D eigenvalue weighted by atomic mass is 16.1. The molecule has 0 aromatic carbocycles. The van der Waals surface area contributed by atoms with Gasteiger partial charge >= 0.3 is 6.41 Å². The minimum absolute atomic E-state index is 0.618. The molecule has 0 atom stereocenters. The molecule has 0 saturated heterocycles. The third-order valence-corrected chi connectivity index (χ3v) is 1.51. The molecule has 0 heterocycles. The van der Waals surface area contributed by atoms with Gasteiger partial charge in [0.15, 0.2) is 0 Å². The summed E-state index contributed by atoms with van der Waals surface area (Å²) in [7, 11) is 0. The molecule has 0 aliphatic carbocycles. The number of unbranched alkanes of at least 4 members (excludes halogenated alkanes) is 2. The van der Waals surface area contributed by atoms with Gasteiger partial charge in [-0.05, 0) is 6.42 Å². The second-order valence-electron chi connectivity index (χ2n) is 2.53. The van der Waals surface area contributed by atoms with Crippen molar-refractivity contribution in [2.75, 3.05) is 13.1 Å². The molecule has 0 aliphatic heterocycles. The summed E-state index contributed by atoms with van der Waals surface area (Å²) in [5, 5.41) is 0. The first-order valence-corrected chi connectivity index (χ1v) is 4.08. The molecule has 1 amide bonds. The predicted molar refractivity (Wildman–Crippen MR) is 47.0 cm³/mol. The molecule has 63 valence electrons. The topological polar surface area (TPSA) is 20.3 Å². The van der Waals surface area contributed by atoms with E-state index in [0.29, 0.717) is 6.54 Å². The lowest BCUT2D eigenvalue weighted by Gasteiger charge is -2.12. The molecule has 0 aromatic rings. The first-order chi connectivity index (χ1) is 5.35. The van der Waals surface area contributed by atoms with Gasteiger partial charge < -0.3 is 4.90 Å². The Bertz CT molecular complexity index is 112. The fraction of sp³-hybridized carbons (Fsp3) is 0.667. The minimum Gasteiger partial charge on any atom is -0.331 e. The SMILES string of the molecule is C=CCN([C]=O)CCCCC. The van der Waals surface area contributed by atoms with Crippen LogP contribution in [0.4, 0.5) is 0 Å². The molecule has 0 fully saturated rings. The highest BCUT2D eigenvalue weighted by Gasteiger charge is 1.97. The Morgan fingerprint density at radius 3 is 2.73 bits per heavy atom. The van der Waals surface area contributed by atoms with Crippen molar-refractivity contribution < 1.29 is 4.79 Å². The molecule has 0 N–H and O–H groups in total. The van der Waals surface area contributed by atoms with E-state index in [1.807, 2.05) is 6.41 Å². The van der Waals surface area contributed by atoms with E-state index in [1.54, 1.807) is 11.0 Å². The zero-order valence-corrected chi connectivity index (χ0v) is 7.18. The summed E-state index contributed by atoms with van der Waals surface area (Å²) < 4.78 is 0. The molecular weight excluding hydrogens is 138 g/mol. The molecule has 0 bridgehead atoms. The summed E-state index contributed by atoms with van der Waals surface area (Å²) in [6, 6.07) is 0. The second-order valence-corrected chi connectivity index (χ2v) is 2.53. The number of rotatable bonds is 7. The van der Waals surface area contributed by atoms with E-state index in [2.05, 4.69) is 13.5 Å². The van der Waals surface area contributed by atoms with Gasteiger partial charge in [-0.2, -0.15) is 0 Å². The van der Waals surface area contributed by atoms with Gasteiger partial charge in [0.2, 0.25) is 0 Å². The highest BCUT2D eigenvalue weighted by molar-refractivity contribution is 5.48. The van der Waals surface area contributed by atoms with Crippen LogP contribution in [-0.4, -0.2) is 24.4 Å². The first-order valence-electron chi connectivity index (χ1n) is 4.08. The molecule has 0 unspecified atom stereocenters. The second kappa shape index (κ2) is 7.32. The van der Waals surface area contributed by atoms with Crippen LogP contribution in [-0.2, 0) is 4.79 Å². The molecule has 0 rings (SSSR count). The highest BCUT2D eigenvalue weighted by Crippen LogP contribution is 1.95. The molecule has 0 aromatic heterocycles. The third-order valence-electron chi connectivity index (χ3n) is 1.51. The van der Waals surface area contributed by atoms with E-state index in [0.717, 1.165) is 13.0 Å². The van der Waals surface area contributed by atoms with Gasteiger partial charge in [0, 0.05) is 13.1 Å². The van der Waals surface area contributed by atoms with Crippen molar-refractivity contribution in [3.63, 3.8) is 0 Å². The van der Waals surface area contributed by atoms with Crippen LogP contribution in [0.2, 0.25) is 0 Å². The van der Waals surface area contributed by atoms with Gasteiger partial charge in [-0.25, -0.2) is 0 Å². The van der Waals surface area contributed by atoms with E-state index in [9.17, 15) is 4.79 Å². The molecular formula is C9H16NO. The number of carbonyl (C=O) groups excluding carboxylic acids is 1. The van der Waals surface area contributed by atoms with Gasteiger partial charge in [0.25, 0.3) is 0 Å². The van der Waals surface area contributed by atoms with Crippen LogP contribution in [0.25, 0.3) is 0 Å². The van der Waals surface area contributed by atoms with Crippen molar-refractivity contribution in [2.45, 2.75) is 26.2 Å². The molecule has 11 heavy (non-hydrogen) atoms. The Kier molecular flexibility index (Phi) is 6.79. The van der Waals surface area contributed by atoms with Crippen LogP contribution in [0, 0.1) is 0 Å². The zero-order chi connectivity index (χ0) is 8.53. The van der Waals surface area contributed by atoms with Crippen LogP contribution >= 0.6 is 0 Å². The van der Waals surface area contributed by atoms with Crippen LogP contribution in [0.5, 0.6) is 0 Å². The summed E-state index contributed by atoms with van der Waals surface area (Å²) in [5.74, 6) is 0. The average molecular weight is 154 g/mol. The number of amides is 1. The maximum absolute atomic E-state index is 10.2. The standard InChI is InChI=1S/C9H16NO/c1-3-5-6-8-10(9-11)7-4-2/h4H,2-3,5-8H2,1H3. The molecule has 0 saturated carbocycles. The Labute approximate surface area is 68.9 Å². The van der Waals surface area contributed by atoms with Crippen LogP contribution in [0.1, 0.15) is 26.2 Å². The summed E-state index contributed by atoms with van der Waals surface area (Å²) in [6.07, 6.45) is 7.02. The quantitative estimate of drug-likeness (QED) is 0.311. The van der Waals surface area contributed by atoms with E-state index in [4.69, 9.17) is 0 Å². The molecule has 2 nitrogen and oxygen atoms in total. The summed E-state index contributed by atoms with van der Waals surface area (Å²) in [4.78, 5) is 11.9. The molecule has 2 heteroatoms. The van der Waals surface area contributed by atoms with E-state index < -0.39 is 0 Å². The average Bonchev–Trinajstić information content (AvgIpc) is 2.03. The van der Waals surface area contributed by atoms with E-state index >= 15 is 0 Å². The lowest BCUT2D eigenvalue weighted by Crippen LogP contribution is -2.22. The van der Waals surface area contributed by atoms with Gasteiger partial charge in [-0.3, -0.25) is 4.79 Å². The normalized spacial score (nSPS) is 9.18. The Balaban J connectivity index is 3.35. The number of hydrogen-bond acceptors (Lipinski definition) is 1. The smallest absolute Gasteiger partial charge is 0.312 e. The summed E-state index contributed by atoms with van der Waals surface area (Å²) >= 11 is 0. The number of nitrogens with zero attached hydrogens (tertiary/aromatic N) is 1. The Morgan fingerprint density at radius 1 is 1.55 bits per heavy atom. The molecule has 1 radical (unpaired) electrons. The van der Waals surface area contributed by atoms with Crippen molar-refractivity contribution in [1.29, 1.82) is 0 Å². The fourth-order valence-corrected chi connectivity index (χ4v) is 0.883. The Morgan fingerprint density at radius 2 is 2.27 bits per heavy atom. The first kappa shape index (κ1) is 10.2. The van der Waals surface area contributed by atoms with Gasteiger partial charge in [0.1, 0.15) is 0 Å². The molecule has 0 spiro atoms. The monoisotopic (exact) mass is 154 g/mol. The maximum Gasteiger partial charge on any atom is 0.312 e. The van der Waals surface area contributed by atoms with Crippen molar-refractivity contribution in [1.82, 2.24) is 4.90 Å². The lowest BCUT2D eigenvalue weighted by atomic mass is 10.2. The van der Waals surface area contributed by atoms with E-state index in [-0.39, 0.29) is 0 Å². The minimum atomic E-state index is 0.618. The van der Waals surface area contributed by atoms with Crippen LogP contribution < -0.4 is 0 Å². The fourth-order valence-electron chi connectivity index (χ4n) is 0.883. The zero-order valence-electron chi connectivity index (χ0n) is 7.18. The van der Waals surface area contributed by atoms with Crippen molar-refractivity contribution in [2.24, 2.45) is 0 Å². The molecule has 0 aliphatic rings.